The molecule has 0 saturated carbocycles. The molecule has 1 unspecified atom stereocenters. The molecule has 110 valence electrons. The van der Waals surface area contributed by atoms with Crippen LogP contribution in [0, 0.1) is 0 Å². The highest BCUT2D eigenvalue weighted by molar-refractivity contribution is 5.98. The van der Waals surface area contributed by atoms with Crippen molar-refractivity contribution >= 4 is 11.8 Å². The number of rotatable bonds is 9. The molecule has 0 fully saturated rings. The lowest BCUT2D eigenvalue weighted by molar-refractivity contribution is -0.138. The van der Waals surface area contributed by atoms with E-state index in [1.807, 2.05) is 0 Å². The number of hydrogen-bond donors (Lipinski definition) is 3. The lowest BCUT2D eigenvalue weighted by atomic mass is 10.0. The molecule has 0 aliphatic rings. The average Bonchev–Trinajstić information content (AvgIpc) is 2.42. The summed E-state index contributed by atoms with van der Waals surface area (Å²) in [6.45, 7) is 0. The van der Waals surface area contributed by atoms with Crippen LogP contribution in [0.3, 0.4) is 0 Å². The average molecular weight is 279 g/mol. The summed E-state index contributed by atoms with van der Waals surface area (Å²) < 4.78 is 0. The first-order chi connectivity index (χ1) is 9.52. The number of ketones is 1. The zero-order valence-electron chi connectivity index (χ0n) is 11.4. The predicted molar refractivity (Wildman–Crippen MR) is 75.8 cm³/mol. The maximum absolute atomic E-state index is 11.8. The molecule has 0 radical (unpaired) electrons. The fourth-order valence-electron chi connectivity index (χ4n) is 1.97. The molecule has 5 heteroatoms. The van der Waals surface area contributed by atoms with Gasteiger partial charge in [0.2, 0.25) is 0 Å². The first-order valence-electron chi connectivity index (χ1n) is 6.82. The van der Waals surface area contributed by atoms with Gasteiger partial charge >= 0.3 is 5.97 Å². The number of carboxylic acid groups (broad SMARTS) is 1. The van der Waals surface area contributed by atoms with Crippen molar-refractivity contribution in [3.05, 3.63) is 29.8 Å². The fraction of sp³-hybridized carbons (Fsp3) is 0.467. The molecule has 0 aliphatic carbocycles. The number of phenols is 1. The number of aromatic hydroxyl groups is 1. The number of phenolic OH excluding ortho intramolecular Hbond substituents is 1. The molecule has 1 aromatic carbocycles. The standard InChI is InChI=1S/C15H21NO4/c16-12(15(19)20)8-3-1-2-4-9-13(17)11-7-5-6-10-14(11)18/h5-7,10,12,18H,1-4,8-9,16H2,(H,19,20). The molecule has 1 aromatic rings. The van der Waals surface area contributed by atoms with Gasteiger partial charge < -0.3 is 15.9 Å². The largest absolute Gasteiger partial charge is 0.507 e. The summed E-state index contributed by atoms with van der Waals surface area (Å²) in [5, 5.41) is 18.2. The van der Waals surface area contributed by atoms with Gasteiger partial charge in [-0.15, -0.1) is 0 Å². The van der Waals surface area contributed by atoms with Crippen molar-refractivity contribution in [3.8, 4) is 5.75 Å². The van der Waals surface area contributed by atoms with Crippen LogP contribution in [-0.4, -0.2) is 28.0 Å². The van der Waals surface area contributed by atoms with Crippen LogP contribution in [0.1, 0.15) is 48.9 Å². The van der Waals surface area contributed by atoms with E-state index in [9.17, 15) is 14.7 Å². The van der Waals surface area contributed by atoms with E-state index in [0.29, 0.717) is 18.4 Å². The number of carbonyl (C=O) groups excluding carboxylic acids is 1. The summed E-state index contributed by atoms with van der Waals surface area (Å²) in [5.41, 5.74) is 5.75. The van der Waals surface area contributed by atoms with Crippen LogP contribution in [0.15, 0.2) is 24.3 Å². The number of nitrogens with two attached hydrogens (primary N) is 1. The van der Waals surface area contributed by atoms with E-state index in [2.05, 4.69) is 0 Å². The van der Waals surface area contributed by atoms with Crippen molar-refractivity contribution < 1.29 is 19.8 Å². The Labute approximate surface area is 118 Å². The molecule has 1 rings (SSSR count). The molecular formula is C15H21NO4. The number of carbonyl (C=O) groups is 2. The number of aliphatic carboxylic acids is 1. The van der Waals surface area contributed by atoms with Gasteiger partial charge in [0.1, 0.15) is 11.8 Å². The second-order valence-corrected chi connectivity index (χ2v) is 4.84. The van der Waals surface area contributed by atoms with E-state index in [4.69, 9.17) is 10.8 Å². The minimum atomic E-state index is -0.972. The molecule has 0 spiro atoms. The van der Waals surface area contributed by atoms with Crippen LogP contribution in [0.2, 0.25) is 0 Å². The zero-order chi connectivity index (χ0) is 15.0. The normalized spacial score (nSPS) is 12.1. The summed E-state index contributed by atoms with van der Waals surface area (Å²) >= 11 is 0. The Hall–Kier alpha value is -1.88. The smallest absolute Gasteiger partial charge is 0.320 e. The number of unbranched alkanes of at least 4 members (excludes halogenated alkanes) is 3. The van der Waals surface area contributed by atoms with Crippen molar-refractivity contribution in [3.63, 3.8) is 0 Å². The van der Waals surface area contributed by atoms with Crippen LogP contribution < -0.4 is 5.73 Å². The molecule has 20 heavy (non-hydrogen) atoms. The molecule has 0 amide bonds. The highest BCUT2D eigenvalue weighted by Gasteiger charge is 2.11. The molecule has 0 heterocycles. The maximum atomic E-state index is 11.8. The van der Waals surface area contributed by atoms with E-state index in [0.717, 1.165) is 25.7 Å². The minimum Gasteiger partial charge on any atom is -0.507 e. The third-order valence-electron chi connectivity index (χ3n) is 3.19. The number of carboxylic acids is 1. The summed E-state index contributed by atoms with van der Waals surface area (Å²) in [5.74, 6) is -1.02. The molecule has 1 atom stereocenters. The molecule has 0 bridgehead atoms. The highest BCUT2D eigenvalue weighted by atomic mass is 16.4. The summed E-state index contributed by atoms with van der Waals surface area (Å²) in [7, 11) is 0. The van der Waals surface area contributed by atoms with Crippen LogP contribution in [0.4, 0.5) is 0 Å². The van der Waals surface area contributed by atoms with Gasteiger partial charge in [-0.05, 0) is 25.0 Å². The Bertz CT molecular complexity index is 459. The number of benzene rings is 1. The van der Waals surface area contributed by atoms with Gasteiger partial charge in [0.05, 0.1) is 5.56 Å². The van der Waals surface area contributed by atoms with Crippen molar-refractivity contribution in [1.82, 2.24) is 0 Å². The lowest BCUT2D eigenvalue weighted by Gasteiger charge is -2.06. The zero-order valence-corrected chi connectivity index (χ0v) is 11.4. The Morgan fingerprint density at radius 1 is 1.10 bits per heavy atom. The quantitative estimate of drug-likeness (QED) is 0.476. The monoisotopic (exact) mass is 279 g/mol. The summed E-state index contributed by atoms with van der Waals surface area (Å²) in [4.78, 5) is 22.3. The first-order valence-corrected chi connectivity index (χ1v) is 6.82. The van der Waals surface area contributed by atoms with Gasteiger partial charge in [0.25, 0.3) is 0 Å². The number of Topliss-reactive ketones (excluding diaryl/α,β-unsaturated/α-hetero) is 1. The van der Waals surface area contributed by atoms with E-state index < -0.39 is 12.0 Å². The lowest BCUT2D eigenvalue weighted by Crippen LogP contribution is -2.29. The molecule has 0 saturated heterocycles. The van der Waals surface area contributed by atoms with E-state index >= 15 is 0 Å². The molecule has 4 N–H and O–H groups in total. The predicted octanol–water partition coefficient (Wildman–Crippen LogP) is 2.33. The van der Waals surface area contributed by atoms with Crippen molar-refractivity contribution in [2.75, 3.05) is 0 Å². The van der Waals surface area contributed by atoms with E-state index in [1.54, 1.807) is 18.2 Å². The van der Waals surface area contributed by atoms with E-state index in [-0.39, 0.29) is 11.5 Å². The molecule has 0 aromatic heterocycles. The van der Waals surface area contributed by atoms with Gasteiger partial charge in [-0.1, -0.05) is 31.4 Å². The maximum Gasteiger partial charge on any atom is 0.320 e. The molecule has 0 aliphatic heterocycles. The van der Waals surface area contributed by atoms with Crippen molar-refractivity contribution in [2.45, 2.75) is 44.6 Å². The second kappa shape index (κ2) is 8.32. The van der Waals surface area contributed by atoms with Crippen molar-refractivity contribution in [2.24, 2.45) is 5.73 Å². The van der Waals surface area contributed by atoms with Gasteiger partial charge in [0, 0.05) is 6.42 Å². The van der Waals surface area contributed by atoms with Crippen LogP contribution in [-0.2, 0) is 4.79 Å². The minimum absolute atomic E-state index is 0.0185. The number of hydrogen-bond acceptors (Lipinski definition) is 4. The Morgan fingerprint density at radius 3 is 2.40 bits per heavy atom. The molecular weight excluding hydrogens is 258 g/mol. The third-order valence-corrected chi connectivity index (χ3v) is 3.19. The highest BCUT2D eigenvalue weighted by Crippen LogP contribution is 2.19. The van der Waals surface area contributed by atoms with Gasteiger partial charge in [-0.25, -0.2) is 0 Å². The van der Waals surface area contributed by atoms with E-state index in [1.165, 1.54) is 6.07 Å². The summed E-state index contributed by atoms with van der Waals surface area (Å²) in [6.07, 6.45) is 4.04. The van der Waals surface area contributed by atoms with Gasteiger partial charge in [-0.2, -0.15) is 0 Å². The Balaban J connectivity index is 2.17. The van der Waals surface area contributed by atoms with Crippen LogP contribution in [0.5, 0.6) is 5.75 Å². The third kappa shape index (κ3) is 5.40. The SMILES string of the molecule is NC(CCCCCCC(=O)c1ccccc1O)C(=O)O. The van der Waals surface area contributed by atoms with Crippen LogP contribution >= 0.6 is 0 Å². The van der Waals surface area contributed by atoms with Gasteiger partial charge in [-0.3, -0.25) is 9.59 Å². The second-order valence-electron chi connectivity index (χ2n) is 4.84. The number of para-hydroxylation sites is 1. The fourth-order valence-corrected chi connectivity index (χ4v) is 1.97. The Kier molecular flexibility index (Phi) is 6.73. The Morgan fingerprint density at radius 2 is 1.75 bits per heavy atom. The topological polar surface area (TPSA) is 101 Å². The first kappa shape index (κ1) is 16.2. The van der Waals surface area contributed by atoms with Crippen LogP contribution in [0.25, 0.3) is 0 Å². The molecule has 5 nitrogen and oxygen atoms in total. The van der Waals surface area contributed by atoms with Gasteiger partial charge in [0.15, 0.2) is 5.78 Å². The van der Waals surface area contributed by atoms with Crippen molar-refractivity contribution in [1.29, 1.82) is 0 Å². The summed E-state index contributed by atoms with van der Waals surface area (Å²) in [6, 6.07) is 5.72.